The normalized spacial score (nSPS) is 11.5. The fourth-order valence-electron chi connectivity index (χ4n) is 2.48. The number of hydrogen-bond donors (Lipinski definition) is 1. The zero-order chi connectivity index (χ0) is 18.9. The van der Waals surface area contributed by atoms with Gasteiger partial charge in [-0.2, -0.15) is 0 Å². The van der Waals surface area contributed by atoms with Gasteiger partial charge in [-0.3, -0.25) is 9.59 Å². The lowest BCUT2D eigenvalue weighted by atomic mass is 10.0. The van der Waals surface area contributed by atoms with Crippen LogP contribution in [0.25, 0.3) is 0 Å². The van der Waals surface area contributed by atoms with Gasteiger partial charge in [0, 0.05) is 0 Å². The van der Waals surface area contributed by atoms with Crippen molar-refractivity contribution in [2.75, 3.05) is 13.2 Å². The average molecular weight is 359 g/mol. The summed E-state index contributed by atoms with van der Waals surface area (Å²) >= 11 is 0. The first-order chi connectivity index (χ1) is 12.5. The van der Waals surface area contributed by atoms with Gasteiger partial charge >= 0.3 is 5.97 Å². The van der Waals surface area contributed by atoms with Gasteiger partial charge in [-0.15, -0.1) is 0 Å². The Morgan fingerprint density at radius 2 is 1.73 bits per heavy atom. The van der Waals surface area contributed by atoms with Gasteiger partial charge in [-0.1, -0.05) is 24.3 Å². The lowest BCUT2D eigenvalue weighted by molar-refractivity contribution is -0.143. The van der Waals surface area contributed by atoms with Crippen LogP contribution in [0, 0.1) is 5.82 Å². The maximum atomic E-state index is 13.8. The number of carbonyl (C=O) groups excluding carboxylic acids is 2. The third-order valence-corrected chi connectivity index (χ3v) is 3.69. The third-order valence-electron chi connectivity index (χ3n) is 3.69. The molecule has 2 aromatic rings. The van der Waals surface area contributed by atoms with Crippen LogP contribution >= 0.6 is 0 Å². The van der Waals surface area contributed by atoms with Crippen molar-refractivity contribution >= 4 is 11.9 Å². The second-order valence-electron chi connectivity index (χ2n) is 5.52. The van der Waals surface area contributed by atoms with Crippen molar-refractivity contribution in [3.05, 3.63) is 65.5 Å². The van der Waals surface area contributed by atoms with Gasteiger partial charge in [0.05, 0.1) is 31.2 Å². The minimum atomic E-state index is -0.642. The summed E-state index contributed by atoms with van der Waals surface area (Å²) in [6, 6.07) is 12.1. The molecule has 1 amide bonds. The van der Waals surface area contributed by atoms with Gasteiger partial charge in [-0.05, 0) is 43.7 Å². The number of nitrogens with one attached hydrogen (secondary N) is 1. The molecule has 0 aliphatic carbocycles. The minimum Gasteiger partial charge on any atom is -0.494 e. The maximum Gasteiger partial charge on any atom is 0.308 e. The van der Waals surface area contributed by atoms with E-state index in [1.165, 1.54) is 18.2 Å². The first-order valence-electron chi connectivity index (χ1n) is 8.48. The summed E-state index contributed by atoms with van der Waals surface area (Å²) in [7, 11) is 0. The molecule has 6 heteroatoms. The summed E-state index contributed by atoms with van der Waals surface area (Å²) in [4.78, 5) is 24.3. The van der Waals surface area contributed by atoms with Crippen molar-refractivity contribution in [1.29, 1.82) is 0 Å². The summed E-state index contributed by atoms with van der Waals surface area (Å²) in [6.45, 7) is 4.37. The molecule has 0 fully saturated rings. The molecule has 1 atom stereocenters. The van der Waals surface area contributed by atoms with Crippen molar-refractivity contribution in [2.45, 2.75) is 26.3 Å². The number of halogens is 1. The summed E-state index contributed by atoms with van der Waals surface area (Å²) in [5.41, 5.74) is 0.624. The molecular weight excluding hydrogens is 337 g/mol. The van der Waals surface area contributed by atoms with Crippen LogP contribution in [0.15, 0.2) is 48.5 Å². The van der Waals surface area contributed by atoms with Gasteiger partial charge in [0.25, 0.3) is 5.91 Å². The van der Waals surface area contributed by atoms with E-state index in [1.54, 1.807) is 37.3 Å². The molecule has 0 saturated heterocycles. The molecule has 2 rings (SSSR count). The SMILES string of the molecule is CCOC(=O)C[C@@H](NC(=O)c1ccccc1F)c1ccc(OCC)cc1. The van der Waals surface area contributed by atoms with E-state index in [4.69, 9.17) is 9.47 Å². The molecule has 138 valence electrons. The van der Waals surface area contributed by atoms with Crippen LogP contribution < -0.4 is 10.1 Å². The molecular formula is C20H22FNO4. The fraction of sp³-hybridized carbons (Fsp3) is 0.300. The van der Waals surface area contributed by atoms with Crippen LogP contribution in [-0.4, -0.2) is 25.1 Å². The summed E-state index contributed by atoms with van der Waals surface area (Å²) in [5.74, 6) is -0.968. The topological polar surface area (TPSA) is 64.6 Å². The summed E-state index contributed by atoms with van der Waals surface area (Å²) in [6.07, 6.45) is -0.0536. The Hall–Kier alpha value is -2.89. The Kier molecular flexibility index (Phi) is 7.14. The standard InChI is InChI=1S/C20H22FNO4/c1-3-25-15-11-9-14(10-12-15)18(13-19(23)26-4-2)22-20(24)16-7-5-6-8-17(16)21/h5-12,18H,3-4,13H2,1-2H3,(H,22,24)/t18-/m1/s1. The molecule has 26 heavy (non-hydrogen) atoms. The predicted octanol–water partition coefficient (Wildman–Crippen LogP) is 3.65. The lowest BCUT2D eigenvalue weighted by Gasteiger charge is -2.19. The lowest BCUT2D eigenvalue weighted by Crippen LogP contribution is -2.31. The van der Waals surface area contributed by atoms with E-state index in [9.17, 15) is 14.0 Å². The zero-order valence-corrected chi connectivity index (χ0v) is 14.8. The Balaban J connectivity index is 2.21. The molecule has 0 saturated carbocycles. The van der Waals surface area contributed by atoms with Gasteiger partial charge in [0.2, 0.25) is 0 Å². The molecule has 0 aromatic heterocycles. The number of esters is 1. The van der Waals surface area contributed by atoms with Crippen LogP contribution in [0.5, 0.6) is 5.75 Å². The van der Waals surface area contributed by atoms with E-state index in [2.05, 4.69) is 5.32 Å². The molecule has 2 aromatic carbocycles. The van der Waals surface area contributed by atoms with E-state index in [0.29, 0.717) is 17.9 Å². The highest BCUT2D eigenvalue weighted by Gasteiger charge is 2.21. The second-order valence-corrected chi connectivity index (χ2v) is 5.52. The fourth-order valence-corrected chi connectivity index (χ4v) is 2.48. The first kappa shape index (κ1) is 19.4. The molecule has 5 nitrogen and oxygen atoms in total. The molecule has 0 aliphatic rings. The highest BCUT2D eigenvalue weighted by molar-refractivity contribution is 5.95. The van der Waals surface area contributed by atoms with Crippen molar-refractivity contribution in [2.24, 2.45) is 0 Å². The van der Waals surface area contributed by atoms with Crippen LogP contribution in [0.3, 0.4) is 0 Å². The van der Waals surface area contributed by atoms with Crippen molar-refractivity contribution in [3.8, 4) is 5.75 Å². The maximum absolute atomic E-state index is 13.8. The van der Waals surface area contributed by atoms with Crippen molar-refractivity contribution < 1.29 is 23.5 Å². The molecule has 0 spiro atoms. The van der Waals surface area contributed by atoms with E-state index in [0.717, 1.165) is 0 Å². The van der Waals surface area contributed by atoms with Crippen molar-refractivity contribution in [3.63, 3.8) is 0 Å². The number of ether oxygens (including phenoxy) is 2. The zero-order valence-electron chi connectivity index (χ0n) is 14.8. The van der Waals surface area contributed by atoms with Crippen LogP contribution in [0.1, 0.15) is 42.2 Å². The van der Waals surface area contributed by atoms with Crippen LogP contribution in [-0.2, 0) is 9.53 Å². The summed E-state index contributed by atoms with van der Waals surface area (Å²) in [5, 5.41) is 2.71. The number of amides is 1. The third kappa shape index (κ3) is 5.31. The quantitative estimate of drug-likeness (QED) is 0.731. The van der Waals surface area contributed by atoms with Gasteiger partial charge < -0.3 is 14.8 Å². The van der Waals surface area contributed by atoms with E-state index in [1.807, 2.05) is 6.92 Å². The van der Waals surface area contributed by atoms with Gasteiger partial charge in [-0.25, -0.2) is 4.39 Å². The van der Waals surface area contributed by atoms with Gasteiger partial charge in [0.1, 0.15) is 11.6 Å². The highest BCUT2D eigenvalue weighted by Crippen LogP contribution is 2.22. The monoisotopic (exact) mass is 359 g/mol. The number of rotatable bonds is 8. The molecule has 0 unspecified atom stereocenters. The Labute approximate surface area is 152 Å². The van der Waals surface area contributed by atoms with Crippen LogP contribution in [0.4, 0.5) is 4.39 Å². The van der Waals surface area contributed by atoms with Crippen LogP contribution in [0.2, 0.25) is 0 Å². The minimum absolute atomic E-state index is 0.0536. The Morgan fingerprint density at radius 1 is 1.04 bits per heavy atom. The number of carbonyl (C=O) groups is 2. The molecule has 1 N–H and O–H groups in total. The average Bonchev–Trinajstić information content (AvgIpc) is 2.62. The number of benzene rings is 2. The van der Waals surface area contributed by atoms with E-state index >= 15 is 0 Å². The molecule has 0 heterocycles. The smallest absolute Gasteiger partial charge is 0.308 e. The number of hydrogen-bond acceptors (Lipinski definition) is 4. The highest BCUT2D eigenvalue weighted by atomic mass is 19.1. The molecule has 0 radical (unpaired) electrons. The van der Waals surface area contributed by atoms with Crippen molar-refractivity contribution in [1.82, 2.24) is 5.32 Å². The molecule has 0 aliphatic heterocycles. The Morgan fingerprint density at radius 3 is 2.35 bits per heavy atom. The summed E-state index contributed by atoms with van der Waals surface area (Å²) < 4.78 is 24.2. The predicted molar refractivity (Wildman–Crippen MR) is 95.5 cm³/mol. The van der Waals surface area contributed by atoms with E-state index < -0.39 is 23.7 Å². The first-order valence-corrected chi connectivity index (χ1v) is 8.48. The van der Waals surface area contributed by atoms with Gasteiger partial charge in [0.15, 0.2) is 0 Å². The largest absolute Gasteiger partial charge is 0.494 e. The van der Waals surface area contributed by atoms with E-state index in [-0.39, 0.29) is 18.6 Å². The second kappa shape index (κ2) is 9.56. The molecule has 0 bridgehead atoms. The Bertz CT molecular complexity index is 746.